The Morgan fingerprint density at radius 1 is 1.27 bits per heavy atom. The minimum Gasteiger partial charge on any atom is -0.366 e. The second kappa shape index (κ2) is 3.67. The molecule has 2 aliphatic carbocycles. The molecule has 0 atom stereocenters. The smallest absolute Gasteiger partial charge is 0.144 e. The van der Waals surface area contributed by atoms with Crippen LogP contribution in [0.15, 0.2) is 18.3 Å². The van der Waals surface area contributed by atoms with E-state index in [-0.39, 0.29) is 0 Å². The van der Waals surface area contributed by atoms with Gasteiger partial charge in [0.25, 0.3) is 0 Å². The van der Waals surface area contributed by atoms with Crippen LogP contribution in [0.5, 0.6) is 0 Å². The lowest BCUT2D eigenvalue weighted by molar-refractivity contribution is 0.566. The molecule has 3 rings (SSSR count). The molecule has 2 saturated carbocycles. The average Bonchev–Trinajstić information content (AvgIpc) is 3.10. The summed E-state index contributed by atoms with van der Waals surface area (Å²) < 4.78 is 0. The van der Waals surface area contributed by atoms with Gasteiger partial charge in [-0.3, -0.25) is 0 Å². The summed E-state index contributed by atoms with van der Waals surface area (Å²) in [5.74, 6) is 2.61. The van der Waals surface area contributed by atoms with Gasteiger partial charge in [0.05, 0.1) is 5.02 Å². The van der Waals surface area contributed by atoms with Gasteiger partial charge in [-0.1, -0.05) is 11.6 Å². The minimum atomic E-state index is 0.623. The molecular weight excluding hydrogens is 208 g/mol. The molecule has 15 heavy (non-hydrogen) atoms. The second-order valence-electron chi connectivity index (χ2n) is 4.68. The first kappa shape index (κ1) is 9.46. The molecule has 0 amide bonds. The molecule has 1 heterocycles. The third-order valence-electron chi connectivity index (χ3n) is 3.32. The summed E-state index contributed by atoms with van der Waals surface area (Å²) in [6, 6.07) is 4.39. The van der Waals surface area contributed by atoms with Crippen molar-refractivity contribution in [2.24, 2.45) is 11.8 Å². The molecule has 80 valence electrons. The molecule has 1 aromatic rings. The van der Waals surface area contributed by atoms with E-state index < -0.39 is 0 Å². The van der Waals surface area contributed by atoms with Crippen LogP contribution in [0.1, 0.15) is 25.7 Å². The molecule has 1 N–H and O–H groups in total. The predicted octanol–water partition coefficient (Wildman–Crippen LogP) is 3.34. The van der Waals surface area contributed by atoms with E-state index in [9.17, 15) is 0 Å². The first-order valence-corrected chi connectivity index (χ1v) is 6.09. The monoisotopic (exact) mass is 222 g/mol. The van der Waals surface area contributed by atoms with E-state index in [4.69, 9.17) is 11.6 Å². The highest BCUT2D eigenvalue weighted by Gasteiger charge is 2.41. The van der Waals surface area contributed by atoms with Crippen molar-refractivity contribution < 1.29 is 0 Å². The van der Waals surface area contributed by atoms with Crippen molar-refractivity contribution in [1.29, 1.82) is 0 Å². The van der Waals surface area contributed by atoms with Crippen LogP contribution in [0.4, 0.5) is 5.82 Å². The first-order valence-electron chi connectivity index (χ1n) is 5.71. The predicted molar refractivity (Wildman–Crippen MR) is 62.1 cm³/mol. The Morgan fingerprint density at radius 2 is 1.93 bits per heavy atom. The van der Waals surface area contributed by atoms with Crippen molar-refractivity contribution >= 4 is 17.4 Å². The fraction of sp³-hybridized carbons (Fsp3) is 0.583. The van der Waals surface area contributed by atoms with Gasteiger partial charge in [-0.15, -0.1) is 0 Å². The number of rotatable bonds is 4. The van der Waals surface area contributed by atoms with Gasteiger partial charge >= 0.3 is 0 Å². The van der Waals surface area contributed by atoms with Gasteiger partial charge in [0.15, 0.2) is 0 Å². The van der Waals surface area contributed by atoms with Crippen LogP contribution in [0.2, 0.25) is 5.02 Å². The summed E-state index contributed by atoms with van der Waals surface area (Å²) >= 11 is 6.09. The van der Waals surface area contributed by atoms with E-state index in [0.29, 0.717) is 6.04 Å². The molecule has 2 fully saturated rings. The zero-order valence-corrected chi connectivity index (χ0v) is 9.37. The number of halogens is 1. The minimum absolute atomic E-state index is 0.623. The second-order valence-corrected chi connectivity index (χ2v) is 5.09. The maximum absolute atomic E-state index is 6.09. The summed E-state index contributed by atoms with van der Waals surface area (Å²) in [6.07, 6.45) is 7.29. The Bertz CT molecular complexity index is 346. The first-order chi connectivity index (χ1) is 7.34. The lowest BCUT2D eigenvalue weighted by Crippen LogP contribution is -2.24. The number of nitrogens with one attached hydrogen (secondary N) is 1. The van der Waals surface area contributed by atoms with Gasteiger partial charge in [-0.2, -0.15) is 0 Å². The summed E-state index contributed by atoms with van der Waals surface area (Å²) in [6.45, 7) is 0. The molecule has 2 nitrogen and oxygen atoms in total. The Kier molecular flexibility index (Phi) is 2.32. The Labute approximate surface area is 95.0 Å². The Balaban J connectivity index is 1.74. The molecule has 3 heteroatoms. The van der Waals surface area contributed by atoms with Crippen LogP contribution < -0.4 is 5.32 Å². The van der Waals surface area contributed by atoms with Crippen molar-refractivity contribution in [2.75, 3.05) is 5.32 Å². The van der Waals surface area contributed by atoms with E-state index in [1.807, 2.05) is 12.1 Å². The van der Waals surface area contributed by atoms with Crippen LogP contribution in [-0.2, 0) is 0 Å². The number of nitrogens with zero attached hydrogens (tertiary/aromatic N) is 1. The molecule has 0 unspecified atom stereocenters. The zero-order chi connectivity index (χ0) is 10.3. The number of pyridine rings is 1. The van der Waals surface area contributed by atoms with Gasteiger partial charge in [0.2, 0.25) is 0 Å². The fourth-order valence-corrected chi connectivity index (χ4v) is 2.36. The number of anilines is 1. The standard InChI is InChI=1S/C12H15ClN2/c13-10-2-1-7-14-12(10)15-11(8-3-4-8)9-5-6-9/h1-2,7-9,11H,3-6H2,(H,14,15). The fourth-order valence-electron chi connectivity index (χ4n) is 2.18. The highest BCUT2D eigenvalue weighted by atomic mass is 35.5. The summed E-state index contributed by atoms with van der Waals surface area (Å²) in [5.41, 5.74) is 0. The zero-order valence-electron chi connectivity index (χ0n) is 8.62. The van der Waals surface area contributed by atoms with Crippen LogP contribution >= 0.6 is 11.6 Å². The van der Waals surface area contributed by atoms with Crippen LogP contribution in [-0.4, -0.2) is 11.0 Å². The Hall–Kier alpha value is -0.760. The van der Waals surface area contributed by atoms with Crippen molar-refractivity contribution in [2.45, 2.75) is 31.7 Å². The Morgan fingerprint density at radius 3 is 2.47 bits per heavy atom. The number of hydrogen-bond donors (Lipinski definition) is 1. The van der Waals surface area contributed by atoms with E-state index in [1.54, 1.807) is 6.20 Å². The number of aromatic nitrogens is 1. The molecule has 0 radical (unpaired) electrons. The SMILES string of the molecule is Clc1cccnc1NC(C1CC1)C1CC1. The third kappa shape index (κ3) is 2.10. The maximum Gasteiger partial charge on any atom is 0.144 e. The summed E-state index contributed by atoms with van der Waals surface area (Å²) in [4.78, 5) is 4.30. The molecule has 1 aromatic heterocycles. The van der Waals surface area contributed by atoms with Gasteiger partial charge in [0, 0.05) is 12.2 Å². The average molecular weight is 223 g/mol. The largest absolute Gasteiger partial charge is 0.366 e. The van der Waals surface area contributed by atoms with E-state index in [2.05, 4.69) is 10.3 Å². The molecular formula is C12H15ClN2. The maximum atomic E-state index is 6.09. The van der Waals surface area contributed by atoms with Crippen LogP contribution in [0.3, 0.4) is 0 Å². The van der Waals surface area contributed by atoms with Gasteiger partial charge < -0.3 is 5.32 Å². The molecule has 2 aliphatic rings. The molecule has 0 bridgehead atoms. The topological polar surface area (TPSA) is 24.9 Å². The number of hydrogen-bond acceptors (Lipinski definition) is 2. The van der Waals surface area contributed by atoms with Crippen molar-refractivity contribution in [3.8, 4) is 0 Å². The normalized spacial score (nSPS) is 20.7. The van der Waals surface area contributed by atoms with Crippen molar-refractivity contribution in [3.05, 3.63) is 23.4 Å². The van der Waals surface area contributed by atoms with Crippen molar-refractivity contribution in [3.63, 3.8) is 0 Å². The lowest BCUT2D eigenvalue weighted by atomic mass is 10.1. The molecule has 0 saturated heterocycles. The van der Waals surface area contributed by atoms with Gasteiger partial charge in [0.1, 0.15) is 5.82 Å². The highest BCUT2D eigenvalue weighted by molar-refractivity contribution is 6.32. The van der Waals surface area contributed by atoms with E-state index in [0.717, 1.165) is 22.7 Å². The van der Waals surface area contributed by atoms with Crippen molar-refractivity contribution in [1.82, 2.24) is 4.98 Å². The lowest BCUT2D eigenvalue weighted by Gasteiger charge is -2.18. The quantitative estimate of drug-likeness (QED) is 0.845. The van der Waals surface area contributed by atoms with Gasteiger partial charge in [-0.05, 0) is 49.7 Å². The van der Waals surface area contributed by atoms with Gasteiger partial charge in [-0.25, -0.2) is 4.98 Å². The molecule has 0 aromatic carbocycles. The highest BCUT2D eigenvalue weighted by Crippen LogP contribution is 2.46. The van der Waals surface area contributed by atoms with E-state index >= 15 is 0 Å². The third-order valence-corrected chi connectivity index (χ3v) is 3.63. The summed E-state index contributed by atoms with van der Waals surface area (Å²) in [7, 11) is 0. The van der Waals surface area contributed by atoms with Crippen LogP contribution in [0, 0.1) is 11.8 Å². The molecule has 0 aliphatic heterocycles. The summed E-state index contributed by atoms with van der Waals surface area (Å²) in [5, 5.41) is 4.27. The molecule has 0 spiro atoms. The van der Waals surface area contributed by atoms with Crippen LogP contribution in [0.25, 0.3) is 0 Å². The van der Waals surface area contributed by atoms with E-state index in [1.165, 1.54) is 25.7 Å².